The molecule has 4 nitrogen and oxygen atoms in total. The lowest BCUT2D eigenvalue weighted by molar-refractivity contribution is 0.0460. The van der Waals surface area contributed by atoms with Crippen molar-refractivity contribution in [1.29, 1.82) is 0 Å². The summed E-state index contributed by atoms with van der Waals surface area (Å²) in [5.74, 6) is -0.410. The van der Waals surface area contributed by atoms with Crippen molar-refractivity contribution in [3.8, 4) is 0 Å². The summed E-state index contributed by atoms with van der Waals surface area (Å²) in [7, 11) is 0. The fraction of sp³-hybridized carbons (Fsp3) is 0.556. The molecule has 0 aromatic heterocycles. The molecule has 1 aromatic carbocycles. The average molecular weight is 385 g/mol. The minimum Gasteiger partial charge on any atom is -0.462 e. The van der Waals surface area contributed by atoms with Gasteiger partial charge in [0.05, 0.1) is 24.3 Å². The van der Waals surface area contributed by atoms with Gasteiger partial charge in [-0.3, -0.25) is 0 Å². The summed E-state index contributed by atoms with van der Waals surface area (Å²) in [5, 5.41) is 0. The predicted molar refractivity (Wildman–Crippen MR) is 93.8 cm³/mol. The summed E-state index contributed by atoms with van der Waals surface area (Å²) >= 11 is 3.43. The summed E-state index contributed by atoms with van der Waals surface area (Å²) in [5.41, 5.74) is 1.46. The standard InChI is InChI=1S/C18H25BrO4/c1-5-13-10-14(18(21)23-9-7-8-12(3)4)15(11-16(13)19)17(20)22-6-2/h10-12H,5-9H2,1-4H3. The number of esters is 2. The smallest absolute Gasteiger partial charge is 0.339 e. The van der Waals surface area contributed by atoms with Gasteiger partial charge in [0.2, 0.25) is 0 Å². The average Bonchev–Trinajstić information content (AvgIpc) is 2.51. The number of carbonyl (C=O) groups is 2. The molecule has 0 aliphatic heterocycles. The number of hydrogen-bond acceptors (Lipinski definition) is 4. The van der Waals surface area contributed by atoms with Gasteiger partial charge in [-0.25, -0.2) is 9.59 Å². The number of halogens is 1. The second-order valence-corrected chi connectivity index (χ2v) is 6.59. The molecule has 0 saturated heterocycles. The maximum atomic E-state index is 12.4. The molecule has 0 heterocycles. The zero-order valence-corrected chi connectivity index (χ0v) is 15.9. The van der Waals surface area contributed by atoms with Gasteiger partial charge in [-0.05, 0) is 49.8 Å². The lowest BCUT2D eigenvalue weighted by Gasteiger charge is -2.12. The SMILES string of the molecule is CCOC(=O)c1cc(Br)c(CC)cc1C(=O)OCCCC(C)C. The van der Waals surface area contributed by atoms with Crippen molar-refractivity contribution in [2.24, 2.45) is 5.92 Å². The van der Waals surface area contributed by atoms with Crippen LogP contribution in [-0.2, 0) is 15.9 Å². The third-order valence-corrected chi connectivity index (χ3v) is 4.18. The van der Waals surface area contributed by atoms with Crippen molar-refractivity contribution >= 4 is 27.9 Å². The second kappa shape index (κ2) is 9.71. The Hall–Kier alpha value is -1.36. The molecule has 0 N–H and O–H groups in total. The van der Waals surface area contributed by atoms with Crippen molar-refractivity contribution < 1.29 is 19.1 Å². The maximum Gasteiger partial charge on any atom is 0.339 e. The molecule has 23 heavy (non-hydrogen) atoms. The Morgan fingerprint density at radius 1 is 1.09 bits per heavy atom. The first kappa shape index (κ1) is 19.7. The Bertz CT molecular complexity index is 552. The highest BCUT2D eigenvalue weighted by Gasteiger charge is 2.21. The van der Waals surface area contributed by atoms with Crippen LogP contribution >= 0.6 is 15.9 Å². The van der Waals surface area contributed by atoms with Crippen LogP contribution < -0.4 is 0 Å². The van der Waals surface area contributed by atoms with Gasteiger partial charge in [-0.15, -0.1) is 0 Å². The van der Waals surface area contributed by atoms with E-state index in [9.17, 15) is 9.59 Å². The van der Waals surface area contributed by atoms with Crippen molar-refractivity contribution in [1.82, 2.24) is 0 Å². The number of carbonyl (C=O) groups excluding carboxylic acids is 2. The normalized spacial score (nSPS) is 10.7. The Morgan fingerprint density at radius 3 is 2.26 bits per heavy atom. The molecule has 1 aromatic rings. The molecule has 128 valence electrons. The van der Waals surface area contributed by atoms with E-state index in [0.717, 1.165) is 29.3 Å². The van der Waals surface area contributed by atoms with E-state index in [1.165, 1.54) is 0 Å². The molecule has 0 amide bonds. The fourth-order valence-electron chi connectivity index (χ4n) is 2.17. The number of benzene rings is 1. The van der Waals surface area contributed by atoms with E-state index in [1.807, 2.05) is 6.92 Å². The van der Waals surface area contributed by atoms with Gasteiger partial charge in [-0.2, -0.15) is 0 Å². The van der Waals surface area contributed by atoms with E-state index in [1.54, 1.807) is 19.1 Å². The quantitative estimate of drug-likeness (QED) is 0.477. The van der Waals surface area contributed by atoms with Gasteiger partial charge >= 0.3 is 11.9 Å². The minimum atomic E-state index is -0.509. The van der Waals surface area contributed by atoms with Gasteiger partial charge in [0.15, 0.2) is 0 Å². The highest BCUT2D eigenvalue weighted by molar-refractivity contribution is 9.10. The van der Waals surface area contributed by atoms with Crippen molar-refractivity contribution in [3.63, 3.8) is 0 Å². The van der Waals surface area contributed by atoms with Crippen molar-refractivity contribution in [2.75, 3.05) is 13.2 Å². The van der Waals surface area contributed by atoms with Crippen LogP contribution in [0.3, 0.4) is 0 Å². The zero-order chi connectivity index (χ0) is 17.4. The van der Waals surface area contributed by atoms with E-state index in [-0.39, 0.29) is 17.7 Å². The number of aryl methyl sites for hydroxylation is 1. The van der Waals surface area contributed by atoms with Gasteiger partial charge in [0, 0.05) is 4.47 Å². The topological polar surface area (TPSA) is 52.6 Å². The van der Waals surface area contributed by atoms with Crippen molar-refractivity contribution in [2.45, 2.75) is 47.0 Å². The molecule has 0 aliphatic rings. The molecule has 0 unspecified atom stereocenters. The van der Waals surface area contributed by atoms with E-state index in [4.69, 9.17) is 9.47 Å². The molecule has 5 heteroatoms. The van der Waals surface area contributed by atoms with Crippen LogP contribution in [0.5, 0.6) is 0 Å². The van der Waals surface area contributed by atoms with Gasteiger partial charge < -0.3 is 9.47 Å². The molecule has 0 spiro atoms. The number of rotatable bonds is 8. The third kappa shape index (κ3) is 5.98. The number of ether oxygens (including phenoxy) is 2. The van der Waals surface area contributed by atoms with Crippen LogP contribution in [0, 0.1) is 5.92 Å². The van der Waals surface area contributed by atoms with Crippen LogP contribution in [0.4, 0.5) is 0 Å². The zero-order valence-electron chi connectivity index (χ0n) is 14.3. The monoisotopic (exact) mass is 384 g/mol. The number of hydrogen-bond donors (Lipinski definition) is 0. The molecular weight excluding hydrogens is 360 g/mol. The van der Waals surface area contributed by atoms with Gasteiger partial charge in [0.25, 0.3) is 0 Å². The molecule has 0 bridgehead atoms. The van der Waals surface area contributed by atoms with Crippen LogP contribution in [0.1, 0.15) is 66.8 Å². The highest BCUT2D eigenvalue weighted by Crippen LogP contribution is 2.24. The Balaban J connectivity index is 2.96. The lowest BCUT2D eigenvalue weighted by Crippen LogP contribution is -2.15. The minimum absolute atomic E-state index is 0.241. The second-order valence-electron chi connectivity index (χ2n) is 5.74. The summed E-state index contributed by atoms with van der Waals surface area (Å²) in [6.07, 6.45) is 2.56. The van der Waals surface area contributed by atoms with E-state index < -0.39 is 11.9 Å². The molecule has 0 aliphatic carbocycles. The molecular formula is C18H25BrO4. The van der Waals surface area contributed by atoms with Crippen LogP contribution in [0.25, 0.3) is 0 Å². The fourth-order valence-corrected chi connectivity index (χ4v) is 2.79. The predicted octanol–water partition coefficient (Wildman–Crippen LogP) is 4.78. The Kier molecular flexibility index (Phi) is 8.31. The molecule has 0 saturated carbocycles. The Labute approximate surface area is 146 Å². The molecule has 0 radical (unpaired) electrons. The summed E-state index contributed by atoms with van der Waals surface area (Å²) < 4.78 is 11.2. The maximum absolute atomic E-state index is 12.4. The first-order valence-electron chi connectivity index (χ1n) is 8.07. The third-order valence-electron chi connectivity index (χ3n) is 3.44. The van der Waals surface area contributed by atoms with E-state index in [2.05, 4.69) is 29.8 Å². The Morgan fingerprint density at radius 2 is 1.70 bits per heavy atom. The first-order chi connectivity index (χ1) is 10.9. The largest absolute Gasteiger partial charge is 0.462 e. The summed E-state index contributed by atoms with van der Waals surface area (Å²) in [4.78, 5) is 24.4. The van der Waals surface area contributed by atoms with Crippen molar-refractivity contribution in [3.05, 3.63) is 33.3 Å². The van der Waals surface area contributed by atoms with E-state index >= 15 is 0 Å². The lowest BCUT2D eigenvalue weighted by atomic mass is 10.0. The van der Waals surface area contributed by atoms with Gasteiger partial charge in [-0.1, -0.05) is 36.7 Å². The highest BCUT2D eigenvalue weighted by atomic mass is 79.9. The molecule has 1 rings (SSSR count). The van der Waals surface area contributed by atoms with Crippen LogP contribution in [0.15, 0.2) is 16.6 Å². The van der Waals surface area contributed by atoms with E-state index in [0.29, 0.717) is 12.5 Å². The van der Waals surface area contributed by atoms with Gasteiger partial charge in [0.1, 0.15) is 0 Å². The van der Waals surface area contributed by atoms with Crippen LogP contribution in [-0.4, -0.2) is 25.2 Å². The molecule has 0 atom stereocenters. The molecule has 0 fully saturated rings. The summed E-state index contributed by atoms with van der Waals surface area (Å²) in [6.45, 7) is 8.59. The summed E-state index contributed by atoms with van der Waals surface area (Å²) in [6, 6.07) is 3.35. The first-order valence-corrected chi connectivity index (χ1v) is 8.86. The van der Waals surface area contributed by atoms with Crippen LogP contribution in [0.2, 0.25) is 0 Å².